The molecule has 0 unspecified atom stereocenters. The van der Waals surface area contributed by atoms with E-state index in [0.29, 0.717) is 6.54 Å². The summed E-state index contributed by atoms with van der Waals surface area (Å²) in [4.78, 5) is 17.1. The molecule has 0 aliphatic rings. The summed E-state index contributed by atoms with van der Waals surface area (Å²) in [6.45, 7) is 16.0. The van der Waals surface area contributed by atoms with Crippen LogP contribution in [0.3, 0.4) is 0 Å². The van der Waals surface area contributed by atoms with Gasteiger partial charge in [0.1, 0.15) is 0 Å². The van der Waals surface area contributed by atoms with Crippen LogP contribution in [0, 0.1) is 0 Å². The molecule has 0 bridgehead atoms. The number of hydrogen-bond donors (Lipinski definition) is 0. The first kappa shape index (κ1) is 19.5. The van der Waals surface area contributed by atoms with Gasteiger partial charge in [-0.05, 0) is 41.7 Å². The molecule has 0 saturated carbocycles. The molecule has 0 aromatic heterocycles. The number of carbonyl (C=O) groups excluding carboxylic acids is 1. The Morgan fingerprint density at radius 1 is 1.04 bits per heavy atom. The number of hydrogen-bond acceptors (Lipinski definition) is 2. The molecular formula is C20H33NO2. The van der Waals surface area contributed by atoms with Gasteiger partial charge < -0.3 is 4.84 Å². The van der Waals surface area contributed by atoms with Crippen LogP contribution in [0.1, 0.15) is 78.9 Å². The van der Waals surface area contributed by atoms with Gasteiger partial charge >= 0.3 is 0 Å². The van der Waals surface area contributed by atoms with E-state index in [1.807, 2.05) is 13.0 Å². The Kier molecular flexibility index (Phi) is 6.67. The Labute approximate surface area is 142 Å². The summed E-state index contributed by atoms with van der Waals surface area (Å²) in [5, 5.41) is 1.38. The van der Waals surface area contributed by atoms with E-state index < -0.39 is 0 Å². The van der Waals surface area contributed by atoms with Gasteiger partial charge in [-0.15, -0.1) is 0 Å². The molecule has 0 spiro atoms. The molecule has 1 amide bonds. The van der Waals surface area contributed by atoms with E-state index in [9.17, 15) is 4.79 Å². The Hall–Kier alpha value is -1.51. The van der Waals surface area contributed by atoms with E-state index in [1.54, 1.807) is 0 Å². The third-order valence-electron chi connectivity index (χ3n) is 5.04. The molecule has 1 aromatic carbocycles. The second-order valence-electron chi connectivity index (χ2n) is 7.52. The lowest BCUT2D eigenvalue weighted by Gasteiger charge is -2.31. The number of hydroxylamine groups is 2. The lowest BCUT2D eigenvalue weighted by atomic mass is 9.76. The molecule has 0 aliphatic heterocycles. The van der Waals surface area contributed by atoms with E-state index in [1.165, 1.54) is 16.2 Å². The molecule has 0 atom stereocenters. The van der Waals surface area contributed by atoms with Gasteiger partial charge in [0.25, 0.3) is 0 Å². The van der Waals surface area contributed by atoms with Gasteiger partial charge in [0.15, 0.2) is 5.75 Å². The molecule has 130 valence electrons. The van der Waals surface area contributed by atoms with Crippen LogP contribution in [-0.2, 0) is 15.6 Å². The summed E-state index contributed by atoms with van der Waals surface area (Å²) >= 11 is 0. The fourth-order valence-electron chi connectivity index (χ4n) is 2.42. The summed E-state index contributed by atoms with van der Waals surface area (Å²) < 4.78 is 0. The summed E-state index contributed by atoms with van der Waals surface area (Å²) in [6.07, 6.45) is 3.71. The van der Waals surface area contributed by atoms with Gasteiger partial charge in [-0.2, -0.15) is 5.06 Å². The third-order valence-corrected chi connectivity index (χ3v) is 5.04. The second-order valence-corrected chi connectivity index (χ2v) is 7.52. The van der Waals surface area contributed by atoms with E-state index >= 15 is 0 Å². The lowest BCUT2D eigenvalue weighted by molar-refractivity contribution is -0.142. The number of benzene rings is 1. The molecular weight excluding hydrogens is 286 g/mol. The molecule has 1 aromatic rings. The summed E-state index contributed by atoms with van der Waals surface area (Å²) in [7, 11) is 0. The second kappa shape index (κ2) is 7.85. The highest BCUT2D eigenvalue weighted by Crippen LogP contribution is 2.38. The van der Waals surface area contributed by atoms with Crippen LogP contribution < -0.4 is 4.84 Å². The van der Waals surface area contributed by atoms with Crippen LogP contribution in [0.2, 0.25) is 0 Å². The minimum absolute atomic E-state index is 0.00403. The van der Waals surface area contributed by atoms with Crippen molar-refractivity contribution in [2.24, 2.45) is 0 Å². The Bertz CT molecular complexity index is 520. The molecule has 1 rings (SSSR count). The zero-order chi connectivity index (χ0) is 17.7. The number of nitrogens with zero attached hydrogens (tertiary/aromatic N) is 1. The van der Waals surface area contributed by atoms with E-state index in [2.05, 4.69) is 53.7 Å². The molecule has 0 radical (unpaired) electrons. The Morgan fingerprint density at radius 2 is 1.65 bits per heavy atom. The zero-order valence-electron chi connectivity index (χ0n) is 15.9. The van der Waals surface area contributed by atoms with Crippen LogP contribution in [0.4, 0.5) is 0 Å². The van der Waals surface area contributed by atoms with Crippen molar-refractivity contribution in [2.45, 2.75) is 78.6 Å². The Morgan fingerprint density at radius 3 is 2.13 bits per heavy atom. The largest absolute Gasteiger partial charge is 0.377 e. The predicted octanol–water partition coefficient (Wildman–Crippen LogP) is 5.22. The zero-order valence-corrected chi connectivity index (χ0v) is 15.9. The normalized spacial score (nSPS) is 12.1. The van der Waals surface area contributed by atoms with Crippen molar-refractivity contribution in [1.29, 1.82) is 0 Å². The van der Waals surface area contributed by atoms with Gasteiger partial charge in [0, 0.05) is 5.56 Å². The van der Waals surface area contributed by atoms with Gasteiger partial charge in [-0.3, -0.25) is 4.79 Å². The third kappa shape index (κ3) is 4.73. The molecule has 3 nitrogen and oxygen atoms in total. The van der Waals surface area contributed by atoms with Crippen LogP contribution in [0.5, 0.6) is 5.75 Å². The highest BCUT2D eigenvalue weighted by molar-refractivity contribution is 5.48. The number of amides is 1. The SMILES string of the molecule is CCCN(C=O)Oc1ccc(C(C)(C)CC)cc1C(C)(C)CC. The Balaban J connectivity index is 3.32. The molecule has 0 saturated heterocycles. The average Bonchev–Trinajstić information content (AvgIpc) is 2.54. The van der Waals surface area contributed by atoms with Crippen molar-refractivity contribution >= 4 is 6.41 Å². The highest BCUT2D eigenvalue weighted by Gasteiger charge is 2.27. The molecule has 0 N–H and O–H groups in total. The molecule has 0 heterocycles. The van der Waals surface area contributed by atoms with Gasteiger partial charge in [-0.25, -0.2) is 0 Å². The van der Waals surface area contributed by atoms with Crippen molar-refractivity contribution in [1.82, 2.24) is 5.06 Å². The van der Waals surface area contributed by atoms with E-state index in [0.717, 1.165) is 31.4 Å². The fraction of sp³-hybridized carbons (Fsp3) is 0.650. The maximum atomic E-state index is 11.2. The molecule has 23 heavy (non-hydrogen) atoms. The molecule has 3 heteroatoms. The van der Waals surface area contributed by atoms with Crippen molar-refractivity contribution in [3.63, 3.8) is 0 Å². The van der Waals surface area contributed by atoms with Crippen LogP contribution in [0.25, 0.3) is 0 Å². The van der Waals surface area contributed by atoms with E-state index in [4.69, 9.17) is 4.84 Å². The van der Waals surface area contributed by atoms with Crippen molar-refractivity contribution < 1.29 is 9.63 Å². The predicted molar refractivity (Wildman–Crippen MR) is 96.8 cm³/mol. The highest BCUT2D eigenvalue weighted by atomic mass is 16.7. The maximum absolute atomic E-state index is 11.2. The fourth-order valence-corrected chi connectivity index (χ4v) is 2.42. The summed E-state index contributed by atoms with van der Waals surface area (Å²) in [6, 6.07) is 6.41. The standard InChI is InChI=1S/C20H33NO2/c1-8-13-21(15-22)23-18-12-11-16(19(4,5)9-2)14-17(18)20(6,7)10-3/h11-12,14-15H,8-10,13H2,1-7H3. The number of rotatable bonds is 9. The first-order chi connectivity index (χ1) is 10.7. The van der Waals surface area contributed by atoms with Gasteiger partial charge in [0.05, 0.1) is 6.54 Å². The van der Waals surface area contributed by atoms with E-state index in [-0.39, 0.29) is 10.8 Å². The summed E-state index contributed by atoms with van der Waals surface area (Å²) in [5.41, 5.74) is 2.61. The van der Waals surface area contributed by atoms with Crippen molar-refractivity contribution in [3.8, 4) is 5.75 Å². The average molecular weight is 319 g/mol. The van der Waals surface area contributed by atoms with Crippen molar-refractivity contribution in [2.75, 3.05) is 6.54 Å². The van der Waals surface area contributed by atoms with Crippen molar-refractivity contribution in [3.05, 3.63) is 29.3 Å². The minimum Gasteiger partial charge on any atom is -0.377 e. The van der Waals surface area contributed by atoms with Crippen LogP contribution in [0.15, 0.2) is 18.2 Å². The maximum Gasteiger partial charge on any atom is 0.242 e. The smallest absolute Gasteiger partial charge is 0.242 e. The molecule has 0 fully saturated rings. The minimum atomic E-state index is -0.00403. The molecule has 0 aliphatic carbocycles. The first-order valence-electron chi connectivity index (χ1n) is 8.76. The first-order valence-corrected chi connectivity index (χ1v) is 8.76. The van der Waals surface area contributed by atoms with Gasteiger partial charge in [0.2, 0.25) is 6.41 Å². The van der Waals surface area contributed by atoms with Gasteiger partial charge in [-0.1, -0.05) is 60.6 Å². The lowest BCUT2D eigenvalue weighted by Crippen LogP contribution is -2.29. The van der Waals surface area contributed by atoms with Crippen LogP contribution >= 0.6 is 0 Å². The monoisotopic (exact) mass is 319 g/mol. The number of carbonyl (C=O) groups is 1. The quantitative estimate of drug-likeness (QED) is 0.461. The summed E-state index contributed by atoms with van der Waals surface area (Å²) in [5.74, 6) is 0.785. The van der Waals surface area contributed by atoms with Crippen LogP contribution in [-0.4, -0.2) is 18.0 Å². The topological polar surface area (TPSA) is 29.5 Å².